The highest BCUT2D eigenvalue weighted by Gasteiger charge is 2.03. The molecular weight excluding hydrogens is 238 g/mol. The molecule has 5 heteroatoms. The van der Waals surface area contributed by atoms with Crippen LogP contribution in [-0.2, 0) is 16.4 Å². The van der Waals surface area contributed by atoms with Gasteiger partial charge < -0.3 is 10.1 Å². The van der Waals surface area contributed by atoms with Gasteiger partial charge in [-0.1, -0.05) is 18.2 Å². The highest BCUT2D eigenvalue weighted by molar-refractivity contribution is 7.90. The van der Waals surface area contributed by atoms with Gasteiger partial charge in [-0.05, 0) is 13.0 Å². The molecule has 1 aromatic rings. The minimum Gasteiger partial charge on any atom is -0.494 e. The smallest absolute Gasteiger partial charge is 0.148 e. The summed E-state index contributed by atoms with van der Waals surface area (Å²) >= 11 is 0. The summed E-state index contributed by atoms with van der Waals surface area (Å²) in [6, 6.07) is 7.75. The first-order valence-electron chi connectivity index (χ1n) is 5.62. The Bertz CT molecular complexity index is 443. The number of hydrogen-bond donors (Lipinski definition) is 1. The van der Waals surface area contributed by atoms with Gasteiger partial charge in [0.1, 0.15) is 15.6 Å². The largest absolute Gasteiger partial charge is 0.494 e. The van der Waals surface area contributed by atoms with E-state index in [2.05, 4.69) is 5.32 Å². The van der Waals surface area contributed by atoms with Gasteiger partial charge in [0.2, 0.25) is 0 Å². The highest BCUT2D eigenvalue weighted by atomic mass is 32.2. The molecule has 0 atom stereocenters. The lowest BCUT2D eigenvalue weighted by atomic mass is 10.2. The second-order valence-electron chi connectivity index (χ2n) is 3.85. The summed E-state index contributed by atoms with van der Waals surface area (Å²) in [6.07, 6.45) is 1.24. The lowest BCUT2D eigenvalue weighted by Crippen LogP contribution is -2.22. The molecule has 1 rings (SSSR count). The van der Waals surface area contributed by atoms with Gasteiger partial charge in [-0.2, -0.15) is 0 Å². The van der Waals surface area contributed by atoms with Crippen molar-refractivity contribution in [2.45, 2.75) is 13.5 Å². The Kier molecular flexibility index (Phi) is 5.44. The van der Waals surface area contributed by atoms with Crippen LogP contribution in [0.5, 0.6) is 5.75 Å². The summed E-state index contributed by atoms with van der Waals surface area (Å²) in [7, 11) is -2.89. The van der Waals surface area contributed by atoms with E-state index in [9.17, 15) is 8.42 Å². The first-order chi connectivity index (χ1) is 8.03. The van der Waals surface area contributed by atoms with E-state index >= 15 is 0 Å². The summed E-state index contributed by atoms with van der Waals surface area (Å²) in [5, 5.41) is 3.10. The number of benzene rings is 1. The molecule has 0 saturated heterocycles. The molecule has 0 saturated carbocycles. The van der Waals surface area contributed by atoms with Crippen molar-refractivity contribution in [3.8, 4) is 5.75 Å². The molecule has 0 unspecified atom stereocenters. The van der Waals surface area contributed by atoms with E-state index in [0.717, 1.165) is 11.3 Å². The Balaban J connectivity index is 2.46. The second kappa shape index (κ2) is 6.61. The van der Waals surface area contributed by atoms with Gasteiger partial charge in [-0.25, -0.2) is 8.42 Å². The van der Waals surface area contributed by atoms with Crippen LogP contribution in [0.15, 0.2) is 24.3 Å². The molecule has 0 spiro atoms. The Morgan fingerprint density at radius 3 is 2.65 bits per heavy atom. The molecule has 1 aromatic carbocycles. The van der Waals surface area contributed by atoms with E-state index in [1.54, 1.807) is 0 Å². The molecule has 0 aliphatic rings. The lowest BCUT2D eigenvalue weighted by Gasteiger charge is -2.10. The Morgan fingerprint density at radius 2 is 2.00 bits per heavy atom. The first kappa shape index (κ1) is 14.0. The Labute approximate surface area is 103 Å². The Morgan fingerprint density at radius 1 is 1.29 bits per heavy atom. The molecule has 0 radical (unpaired) electrons. The van der Waals surface area contributed by atoms with Gasteiger partial charge in [0.25, 0.3) is 0 Å². The van der Waals surface area contributed by atoms with Crippen molar-refractivity contribution in [3.05, 3.63) is 29.8 Å². The standard InChI is InChI=1S/C12H19NO3S/c1-3-16-12-7-5-4-6-11(12)10-13-8-9-17(2,14)15/h4-7,13H,3,8-10H2,1-2H3. The normalized spacial score (nSPS) is 11.4. The molecule has 17 heavy (non-hydrogen) atoms. The third-order valence-electron chi connectivity index (χ3n) is 2.24. The van der Waals surface area contributed by atoms with E-state index < -0.39 is 9.84 Å². The van der Waals surface area contributed by atoms with E-state index in [0.29, 0.717) is 19.7 Å². The predicted octanol–water partition coefficient (Wildman–Crippen LogP) is 1.22. The summed E-state index contributed by atoms with van der Waals surface area (Å²) in [5.74, 6) is 1.01. The summed E-state index contributed by atoms with van der Waals surface area (Å²) in [4.78, 5) is 0. The SMILES string of the molecule is CCOc1ccccc1CNCCS(C)(=O)=O. The second-order valence-corrected chi connectivity index (χ2v) is 6.11. The molecule has 0 amide bonds. The van der Waals surface area contributed by atoms with Crippen LogP contribution in [0.25, 0.3) is 0 Å². The Hall–Kier alpha value is -1.07. The van der Waals surface area contributed by atoms with Crippen molar-refractivity contribution >= 4 is 9.84 Å². The van der Waals surface area contributed by atoms with Crippen molar-refractivity contribution in [1.82, 2.24) is 5.32 Å². The molecule has 0 bridgehead atoms. The van der Waals surface area contributed by atoms with Crippen molar-refractivity contribution in [3.63, 3.8) is 0 Å². The molecule has 1 N–H and O–H groups in total. The fourth-order valence-electron chi connectivity index (χ4n) is 1.43. The van der Waals surface area contributed by atoms with Gasteiger partial charge >= 0.3 is 0 Å². The molecule has 0 heterocycles. The minimum absolute atomic E-state index is 0.157. The zero-order valence-electron chi connectivity index (χ0n) is 10.3. The van der Waals surface area contributed by atoms with Crippen LogP contribution >= 0.6 is 0 Å². The fraction of sp³-hybridized carbons (Fsp3) is 0.500. The van der Waals surface area contributed by atoms with Crippen molar-refractivity contribution in [1.29, 1.82) is 0 Å². The predicted molar refractivity (Wildman–Crippen MR) is 69.0 cm³/mol. The zero-order chi connectivity index (χ0) is 12.7. The third-order valence-corrected chi connectivity index (χ3v) is 3.18. The molecular formula is C12H19NO3S. The molecule has 0 aliphatic heterocycles. The number of para-hydroxylation sites is 1. The van der Waals surface area contributed by atoms with E-state index in [1.807, 2.05) is 31.2 Å². The average molecular weight is 257 g/mol. The zero-order valence-corrected chi connectivity index (χ0v) is 11.1. The first-order valence-corrected chi connectivity index (χ1v) is 7.68. The van der Waals surface area contributed by atoms with Crippen molar-refractivity contribution in [2.75, 3.05) is 25.2 Å². The maximum atomic E-state index is 10.9. The number of ether oxygens (including phenoxy) is 1. The fourth-order valence-corrected chi connectivity index (χ4v) is 1.94. The summed E-state index contributed by atoms with van der Waals surface area (Å²) < 4.78 is 27.4. The van der Waals surface area contributed by atoms with Crippen LogP contribution in [0.1, 0.15) is 12.5 Å². The molecule has 96 valence electrons. The van der Waals surface area contributed by atoms with Crippen LogP contribution in [-0.4, -0.2) is 33.6 Å². The van der Waals surface area contributed by atoms with E-state index in [4.69, 9.17) is 4.74 Å². The molecule has 0 fully saturated rings. The molecule has 4 nitrogen and oxygen atoms in total. The quantitative estimate of drug-likeness (QED) is 0.746. The van der Waals surface area contributed by atoms with E-state index in [1.165, 1.54) is 6.26 Å². The van der Waals surface area contributed by atoms with Gasteiger partial charge in [-0.3, -0.25) is 0 Å². The van der Waals surface area contributed by atoms with Crippen LogP contribution < -0.4 is 10.1 Å². The van der Waals surface area contributed by atoms with Gasteiger partial charge in [0.15, 0.2) is 0 Å². The molecule has 0 aromatic heterocycles. The van der Waals surface area contributed by atoms with Crippen LogP contribution in [0.2, 0.25) is 0 Å². The summed E-state index contributed by atoms with van der Waals surface area (Å²) in [6.45, 7) is 3.64. The maximum Gasteiger partial charge on any atom is 0.148 e. The lowest BCUT2D eigenvalue weighted by molar-refractivity contribution is 0.335. The number of sulfone groups is 1. The van der Waals surface area contributed by atoms with Crippen LogP contribution in [0.4, 0.5) is 0 Å². The van der Waals surface area contributed by atoms with Gasteiger partial charge in [0, 0.05) is 24.9 Å². The van der Waals surface area contributed by atoms with Crippen molar-refractivity contribution in [2.24, 2.45) is 0 Å². The van der Waals surface area contributed by atoms with Gasteiger partial charge in [-0.15, -0.1) is 0 Å². The number of rotatable bonds is 7. The summed E-state index contributed by atoms with van der Waals surface area (Å²) in [5.41, 5.74) is 1.04. The number of hydrogen-bond acceptors (Lipinski definition) is 4. The van der Waals surface area contributed by atoms with Crippen molar-refractivity contribution < 1.29 is 13.2 Å². The van der Waals surface area contributed by atoms with Crippen LogP contribution in [0, 0.1) is 0 Å². The van der Waals surface area contributed by atoms with E-state index in [-0.39, 0.29) is 5.75 Å². The minimum atomic E-state index is -2.89. The number of nitrogens with one attached hydrogen (secondary N) is 1. The third kappa shape index (κ3) is 5.70. The topological polar surface area (TPSA) is 55.4 Å². The van der Waals surface area contributed by atoms with Crippen LogP contribution in [0.3, 0.4) is 0 Å². The molecule has 0 aliphatic carbocycles. The average Bonchev–Trinajstić information content (AvgIpc) is 2.25. The highest BCUT2D eigenvalue weighted by Crippen LogP contribution is 2.17. The maximum absolute atomic E-state index is 10.9. The monoisotopic (exact) mass is 257 g/mol. The van der Waals surface area contributed by atoms with Gasteiger partial charge in [0.05, 0.1) is 12.4 Å².